The first-order chi connectivity index (χ1) is 9.10. The molecule has 0 fully saturated rings. The number of benzene rings is 2. The van der Waals surface area contributed by atoms with Crippen LogP contribution < -0.4 is 11.3 Å². The average molecular weight is 316 g/mol. The number of hydrogen-bond acceptors (Lipinski definition) is 2. The maximum atomic E-state index is 6.02. The van der Waals surface area contributed by atoms with Crippen LogP contribution in [0.3, 0.4) is 0 Å². The minimum Gasteiger partial charge on any atom is -0.271 e. The Morgan fingerprint density at radius 2 is 1.63 bits per heavy atom. The van der Waals surface area contributed by atoms with Crippen LogP contribution in [-0.2, 0) is 6.42 Å². The summed E-state index contributed by atoms with van der Waals surface area (Å²) in [4.78, 5) is 0. The molecular formula is C14H13Cl3N2. The molecular weight excluding hydrogens is 303 g/mol. The summed E-state index contributed by atoms with van der Waals surface area (Å²) in [5.74, 6) is 5.62. The number of hydrazine groups is 1. The second-order valence-corrected chi connectivity index (χ2v) is 5.47. The lowest BCUT2D eigenvalue weighted by molar-refractivity contribution is 0.552. The Bertz CT molecular complexity index is 555. The van der Waals surface area contributed by atoms with Gasteiger partial charge in [0.25, 0.3) is 0 Å². The molecule has 100 valence electrons. The minimum atomic E-state index is -0.0315. The fourth-order valence-corrected chi connectivity index (χ4v) is 2.29. The molecule has 0 amide bonds. The molecule has 0 heterocycles. The predicted octanol–water partition coefficient (Wildman–Crippen LogP) is 4.39. The second kappa shape index (κ2) is 6.60. The van der Waals surface area contributed by atoms with Gasteiger partial charge in [-0.05, 0) is 41.8 Å². The van der Waals surface area contributed by atoms with Crippen molar-refractivity contribution in [3.05, 3.63) is 68.7 Å². The van der Waals surface area contributed by atoms with Crippen LogP contribution in [0.4, 0.5) is 0 Å². The monoisotopic (exact) mass is 314 g/mol. The van der Waals surface area contributed by atoms with Gasteiger partial charge < -0.3 is 0 Å². The van der Waals surface area contributed by atoms with E-state index in [1.807, 2.05) is 36.4 Å². The molecule has 1 unspecified atom stereocenters. The van der Waals surface area contributed by atoms with Gasteiger partial charge in [-0.3, -0.25) is 11.3 Å². The third-order valence-corrected chi connectivity index (χ3v) is 3.89. The molecule has 5 heteroatoms. The number of halogens is 3. The van der Waals surface area contributed by atoms with Crippen molar-refractivity contribution in [3.8, 4) is 0 Å². The van der Waals surface area contributed by atoms with Crippen LogP contribution in [-0.4, -0.2) is 0 Å². The molecule has 0 radical (unpaired) electrons. The molecule has 2 aromatic rings. The fourth-order valence-electron chi connectivity index (χ4n) is 1.86. The molecule has 3 N–H and O–H groups in total. The van der Waals surface area contributed by atoms with E-state index in [9.17, 15) is 0 Å². The molecule has 0 aliphatic carbocycles. The van der Waals surface area contributed by atoms with Crippen molar-refractivity contribution >= 4 is 34.8 Å². The highest BCUT2D eigenvalue weighted by molar-refractivity contribution is 6.42. The number of hydrogen-bond donors (Lipinski definition) is 2. The lowest BCUT2D eigenvalue weighted by Crippen LogP contribution is -2.29. The summed E-state index contributed by atoms with van der Waals surface area (Å²) in [6.45, 7) is 0. The van der Waals surface area contributed by atoms with Crippen LogP contribution in [0.1, 0.15) is 17.2 Å². The predicted molar refractivity (Wildman–Crippen MR) is 81.7 cm³/mol. The minimum absolute atomic E-state index is 0.0315. The standard InChI is InChI=1S/C14H13Cl3N2/c15-11-4-1-9(2-5-11)7-14(19-18)10-3-6-12(16)13(17)8-10/h1-6,8,14,19H,7,18H2. The summed E-state index contributed by atoms with van der Waals surface area (Å²) in [6.07, 6.45) is 0.742. The van der Waals surface area contributed by atoms with E-state index in [-0.39, 0.29) is 6.04 Å². The maximum absolute atomic E-state index is 6.02. The summed E-state index contributed by atoms with van der Waals surface area (Å²) in [7, 11) is 0. The SMILES string of the molecule is NNC(Cc1ccc(Cl)cc1)c1ccc(Cl)c(Cl)c1. The van der Waals surface area contributed by atoms with E-state index < -0.39 is 0 Å². The van der Waals surface area contributed by atoms with Crippen LogP contribution in [0.2, 0.25) is 15.1 Å². The first-order valence-corrected chi connectivity index (χ1v) is 6.89. The highest BCUT2D eigenvalue weighted by atomic mass is 35.5. The lowest BCUT2D eigenvalue weighted by Gasteiger charge is -2.17. The Morgan fingerprint density at radius 1 is 0.947 bits per heavy atom. The summed E-state index contributed by atoms with van der Waals surface area (Å²) in [5.41, 5.74) is 4.92. The van der Waals surface area contributed by atoms with Crippen LogP contribution in [0.25, 0.3) is 0 Å². The van der Waals surface area contributed by atoms with E-state index in [0.29, 0.717) is 10.0 Å². The first kappa shape index (κ1) is 14.6. The molecule has 1 atom stereocenters. The summed E-state index contributed by atoms with van der Waals surface area (Å²) in [5, 5.41) is 1.78. The Hall–Kier alpha value is -0.770. The van der Waals surface area contributed by atoms with E-state index in [1.165, 1.54) is 0 Å². The Balaban J connectivity index is 2.19. The van der Waals surface area contributed by atoms with E-state index in [2.05, 4.69) is 5.43 Å². The Labute approximate surface area is 127 Å². The molecule has 0 spiro atoms. The number of rotatable bonds is 4. The molecule has 0 saturated heterocycles. The zero-order chi connectivity index (χ0) is 13.8. The highest BCUT2D eigenvalue weighted by Crippen LogP contribution is 2.27. The maximum Gasteiger partial charge on any atom is 0.0595 e. The van der Waals surface area contributed by atoms with Crippen molar-refractivity contribution in [2.45, 2.75) is 12.5 Å². The van der Waals surface area contributed by atoms with Crippen molar-refractivity contribution in [2.24, 2.45) is 5.84 Å². The topological polar surface area (TPSA) is 38.0 Å². The molecule has 0 saturated carbocycles. The molecule has 2 rings (SSSR count). The smallest absolute Gasteiger partial charge is 0.0595 e. The van der Waals surface area contributed by atoms with E-state index in [4.69, 9.17) is 40.6 Å². The first-order valence-electron chi connectivity index (χ1n) is 5.75. The van der Waals surface area contributed by atoms with Crippen LogP contribution >= 0.6 is 34.8 Å². The fraction of sp³-hybridized carbons (Fsp3) is 0.143. The zero-order valence-corrected chi connectivity index (χ0v) is 12.3. The van der Waals surface area contributed by atoms with E-state index >= 15 is 0 Å². The lowest BCUT2D eigenvalue weighted by atomic mass is 9.99. The molecule has 2 nitrogen and oxygen atoms in total. The summed E-state index contributed by atoms with van der Waals surface area (Å²) in [6, 6.07) is 13.1. The van der Waals surface area contributed by atoms with Crippen LogP contribution in [0.15, 0.2) is 42.5 Å². The van der Waals surface area contributed by atoms with Gasteiger partial charge in [0.2, 0.25) is 0 Å². The molecule has 0 aromatic heterocycles. The van der Waals surface area contributed by atoms with Gasteiger partial charge in [0.15, 0.2) is 0 Å². The summed E-state index contributed by atoms with van der Waals surface area (Å²) >= 11 is 17.8. The number of nitrogens with one attached hydrogen (secondary N) is 1. The molecule has 19 heavy (non-hydrogen) atoms. The van der Waals surface area contributed by atoms with Crippen LogP contribution in [0.5, 0.6) is 0 Å². The third-order valence-electron chi connectivity index (χ3n) is 2.90. The normalized spacial score (nSPS) is 12.4. The number of nitrogens with two attached hydrogens (primary N) is 1. The van der Waals surface area contributed by atoms with Crippen molar-refractivity contribution in [1.82, 2.24) is 5.43 Å². The average Bonchev–Trinajstić information content (AvgIpc) is 2.41. The van der Waals surface area contributed by atoms with E-state index in [0.717, 1.165) is 22.6 Å². The molecule has 2 aromatic carbocycles. The quantitative estimate of drug-likeness (QED) is 0.648. The third kappa shape index (κ3) is 3.85. The highest BCUT2D eigenvalue weighted by Gasteiger charge is 2.12. The van der Waals surface area contributed by atoms with Gasteiger partial charge >= 0.3 is 0 Å². The van der Waals surface area contributed by atoms with Gasteiger partial charge in [-0.1, -0.05) is 53.0 Å². The molecule has 0 aliphatic rings. The van der Waals surface area contributed by atoms with Crippen molar-refractivity contribution in [2.75, 3.05) is 0 Å². The van der Waals surface area contributed by atoms with Crippen molar-refractivity contribution in [1.29, 1.82) is 0 Å². The second-order valence-electron chi connectivity index (χ2n) is 4.22. The van der Waals surface area contributed by atoms with Gasteiger partial charge in [-0.25, -0.2) is 0 Å². The van der Waals surface area contributed by atoms with Crippen LogP contribution in [0, 0.1) is 0 Å². The van der Waals surface area contributed by atoms with E-state index in [1.54, 1.807) is 6.07 Å². The van der Waals surface area contributed by atoms with Crippen molar-refractivity contribution < 1.29 is 0 Å². The van der Waals surface area contributed by atoms with Gasteiger partial charge in [-0.2, -0.15) is 0 Å². The Kier molecular flexibility index (Phi) is 5.08. The Morgan fingerprint density at radius 3 is 2.21 bits per heavy atom. The molecule has 0 bridgehead atoms. The largest absolute Gasteiger partial charge is 0.271 e. The summed E-state index contributed by atoms with van der Waals surface area (Å²) < 4.78 is 0. The van der Waals surface area contributed by atoms with Gasteiger partial charge in [0.1, 0.15) is 0 Å². The van der Waals surface area contributed by atoms with Crippen molar-refractivity contribution in [3.63, 3.8) is 0 Å². The van der Waals surface area contributed by atoms with Gasteiger partial charge in [0, 0.05) is 5.02 Å². The molecule has 0 aliphatic heterocycles. The zero-order valence-electron chi connectivity index (χ0n) is 10.0. The van der Waals surface area contributed by atoms with Gasteiger partial charge in [0.05, 0.1) is 16.1 Å². The van der Waals surface area contributed by atoms with Gasteiger partial charge in [-0.15, -0.1) is 0 Å².